The van der Waals surface area contributed by atoms with Crippen molar-refractivity contribution in [2.45, 2.75) is 25.7 Å². The minimum Gasteiger partial charge on any atom is -0.493 e. The van der Waals surface area contributed by atoms with Gasteiger partial charge in [-0.15, -0.1) is 0 Å². The van der Waals surface area contributed by atoms with Gasteiger partial charge in [0.2, 0.25) is 0 Å². The Kier molecular flexibility index (Phi) is 7.32. The van der Waals surface area contributed by atoms with E-state index in [-0.39, 0.29) is 24.4 Å². The number of carbonyl (C=O) groups is 2. The number of carbonyl (C=O) groups excluding carboxylic acids is 2. The van der Waals surface area contributed by atoms with E-state index < -0.39 is 0 Å². The molecule has 0 fully saturated rings. The van der Waals surface area contributed by atoms with E-state index in [0.717, 1.165) is 18.4 Å². The third kappa shape index (κ3) is 5.81. The van der Waals surface area contributed by atoms with E-state index in [1.165, 1.54) is 0 Å². The molecule has 0 aromatic heterocycles. The highest BCUT2D eigenvalue weighted by atomic mass is 16.5. The van der Waals surface area contributed by atoms with Gasteiger partial charge >= 0.3 is 5.97 Å². The fourth-order valence-corrected chi connectivity index (χ4v) is 2.70. The monoisotopic (exact) mass is 347 g/mol. The first-order valence-electron chi connectivity index (χ1n) is 8.43. The number of hydrogen-bond donors (Lipinski definition) is 1. The summed E-state index contributed by atoms with van der Waals surface area (Å²) in [6, 6.07) is 5.63. The van der Waals surface area contributed by atoms with Crippen molar-refractivity contribution >= 4 is 11.9 Å². The van der Waals surface area contributed by atoms with Crippen molar-refractivity contribution < 1.29 is 23.8 Å². The van der Waals surface area contributed by atoms with Gasteiger partial charge in [0, 0.05) is 6.54 Å². The van der Waals surface area contributed by atoms with Gasteiger partial charge in [-0.05, 0) is 43.4 Å². The minimum atomic E-state index is -0.292. The first-order valence-corrected chi connectivity index (χ1v) is 8.43. The molecule has 0 spiro atoms. The Morgan fingerprint density at radius 2 is 1.96 bits per heavy atom. The molecular formula is C19H25NO5. The van der Waals surface area contributed by atoms with Crippen LogP contribution >= 0.6 is 0 Å². The summed E-state index contributed by atoms with van der Waals surface area (Å²) in [5.74, 6) is 0.616. The van der Waals surface area contributed by atoms with Crippen molar-refractivity contribution in [3.8, 4) is 11.5 Å². The van der Waals surface area contributed by atoms with Crippen molar-refractivity contribution in [3.05, 3.63) is 35.9 Å². The van der Waals surface area contributed by atoms with Crippen molar-refractivity contribution in [1.82, 2.24) is 5.32 Å². The van der Waals surface area contributed by atoms with Crippen molar-refractivity contribution in [2.75, 3.05) is 27.4 Å². The topological polar surface area (TPSA) is 73.9 Å². The summed E-state index contributed by atoms with van der Waals surface area (Å²) < 4.78 is 15.5. The highest BCUT2D eigenvalue weighted by Crippen LogP contribution is 2.27. The van der Waals surface area contributed by atoms with Gasteiger partial charge in [-0.3, -0.25) is 9.59 Å². The first kappa shape index (κ1) is 18.8. The molecule has 25 heavy (non-hydrogen) atoms. The first-order chi connectivity index (χ1) is 12.1. The van der Waals surface area contributed by atoms with E-state index in [0.29, 0.717) is 30.9 Å². The molecule has 1 N–H and O–H groups in total. The van der Waals surface area contributed by atoms with Crippen LogP contribution in [0.15, 0.2) is 30.4 Å². The third-order valence-corrected chi connectivity index (χ3v) is 4.13. The van der Waals surface area contributed by atoms with Gasteiger partial charge in [0.15, 0.2) is 18.1 Å². The zero-order valence-corrected chi connectivity index (χ0v) is 14.7. The van der Waals surface area contributed by atoms with Crippen LogP contribution in [0.4, 0.5) is 0 Å². The van der Waals surface area contributed by atoms with E-state index in [2.05, 4.69) is 11.4 Å². The van der Waals surface area contributed by atoms with Gasteiger partial charge in [0.25, 0.3) is 5.91 Å². The average molecular weight is 347 g/mol. The van der Waals surface area contributed by atoms with Gasteiger partial charge in [0.05, 0.1) is 20.1 Å². The summed E-state index contributed by atoms with van der Waals surface area (Å²) in [4.78, 5) is 23.7. The number of allylic oxidation sites excluding steroid dienone is 2. The number of benzene rings is 1. The fraction of sp³-hybridized carbons (Fsp3) is 0.474. The molecule has 0 unspecified atom stereocenters. The standard InChI is InChI=1S/C19H25NO5/c1-23-16-9-8-14(12-17(16)24-2)10-11-20-18(21)13-25-19(22)15-6-4-3-5-7-15/h3-4,8-9,12,15H,5-7,10-11,13H2,1-2H3,(H,20,21)/t15-/m1/s1. The Morgan fingerprint density at radius 3 is 2.64 bits per heavy atom. The molecule has 1 aromatic rings. The van der Waals surface area contributed by atoms with E-state index in [9.17, 15) is 9.59 Å². The maximum Gasteiger partial charge on any atom is 0.309 e. The van der Waals surface area contributed by atoms with Gasteiger partial charge in [-0.25, -0.2) is 0 Å². The Hall–Kier alpha value is -2.50. The lowest BCUT2D eigenvalue weighted by molar-refractivity contribution is -0.152. The predicted molar refractivity (Wildman–Crippen MR) is 93.7 cm³/mol. The lowest BCUT2D eigenvalue weighted by atomic mass is 9.95. The molecule has 0 bridgehead atoms. The van der Waals surface area contributed by atoms with Crippen LogP contribution in [-0.4, -0.2) is 39.2 Å². The van der Waals surface area contributed by atoms with E-state index >= 15 is 0 Å². The molecule has 6 heteroatoms. The number of nitrogens with one attached hydrogen (secondary N) is 1. The lowest BCUT2D eigenvalue weighted by Crippen LogP contribution is -2.31. The lowest BCUT2D eigenvalue weighted by Gasteiger charge is -2.16. The van der Waals surface area contributed by atoms with E-state index in [1.807, 2.05) is 24.3 Å². The van der Waals surface area contributed by atoms with Crippen molar-refractivity contribution in [2.24, 2.45) is 5.92 Å². The van der Waals surface area contributed by atoms with Crippen molar-refractivity contribution in [3.63, 3.8) is 0 Å². The van der Waals surface area contributed by atoms with Crippen LogP contribution in [0.5, 0.6) is 11.5 Å². The van der Waals surface area contributed by atoms with Crippen LogP contribution in [0, 0.1) is 5.92 Å². The molecular weight excluding hydrogens is 322 g/mol. The number of esters is 1. The van der Waals surface area contributed by atoms with Gasteiger partial charge in [-0.1, -0.05) is 18.2 Å². The van der Waals surface area contributed by atoms with Crippen LogP contribution in [0.3, 0.4) is 0 Å². The van der Waals surface area contributed by atoms with E-state index in [1.54, 1.807) is 14.2 Å². The highest BCUT2D eigenvalue weighted by Gasteiger charge is 2.20. The van der Waals surface area contributed by atoms with Gasteiger partial charge < -0.3 is 19.5 Å². The largest absolute Gasteiger partial charge is 0.493 e. The third-order valence-electron chi connectivity index (χ3n) is 4.13. The molecule has 1 aromatic carbocycles. The van der Waals surface area contributed by atoms with E-state index in [4.69, 9.17) is 14.2 Å². The Balaban J connectivity index is 1.69. The molecule has 0 saturated heterocycles. The molecule has 0 heterocycles. The van der Waals surface area contributed by atoms with Gasteiger partial charge in [-0.2, -0.15) is 0 Å². The Bertz CT molecular complexity index is 626. The maximum absolute atomic E-state index is 11.9. The molecule has 1 amide bonds. The fourth-order valence-electron chi connectivity index (χ4n) is 2.70. The maximum atomic E-state index is 11.9. The normalized spacial score (nSPS) is 16.2. The Labute approximate surface area is 148 Å². The van der Waals surface area contributed by atoms with Gasteiger partial charge in [0.1, 0.15) is 0 Å². The molecule has 1 aliphatic rings. The molecule has 1 atom stereocenters. The second kappa shape index (κ2) is 9.71. The van der Waals surface area contributed by atoms with Crippen LogP contribution < -0.4 is 14.8 Å². The number of ether oxygens (including phenoxy) is 3. The van der Waals surface area contributed by atoms with Crippen LogP contribution in [0.2, 0.25) is 0 Å². The summed E-state index contributed by atoms with van der Waals surface area (Å²) in [5, 5.41) is 2.75. The SMILES string of the molecule is COc1ccc(CCNC(=O)COC(=O)[C@@H]2CC=CCC2)cc1OC. The molecule has 0 saturated carbocycles. The van der Waals surface area contributed by atoms with Crippen LogP contribution in [0.1, 0.15) is 24.8 Å². The molecule has 2 rings (SSSR count). The zero-order valence-electron chi connectivity index (χ0n) is 14.7. The van der Waals surface area contributed by atoms with Crippen LogP contribution in [-0.2, 0) is 20.7 Å². The number of methoxy groups -OCH3 is 2. The van der Waals surface area contributed by atoms with Crippen molar-refractivity contribution in [1.29, 1.82) is 0 Å². The number of rotatable bonds is 8. The second-order valence-electron chi connectivity index (χ2n) is 5.88. The zero-order chi connectivity index (χ0) is 18.1. The minimum absolute atomic E-state index is 0.121. The molecule has 6 nitrogen and oxygen atoms in total. The number of hydrogen-bond acceptors (Lipinski definition) is 5. The second-order valence-corrected chi connectivity index (χ2v) is 5.88. The predicted octanol–water partition coefficient (Wildman–Crippen LogP) is 2.26. The molecule has 1 aliphatic carbocycles. The summed E-state index contributed by atoms with van der Waals surface area (Å²) in [5.41, 5.74) is 1.02. The summed E-state index contributed by atoms with van der Waals surface area (Å²) in [6.07, 6.45) is 7.06. The molecule has 0 aliphatic heterocycles. The molecule has 136 valence electrons. The van der Waals surface area contributed by atoms with Crippen LogP contribution in [0.25, 0.3) is 0 Å². The highest BCUT2D eigenvalue weighted by molar-refractivity contribution is 5.81. The summed E-state index contributed by atoms with van der Waals surface area (Å²) in [7, 11) is 3.17. The Morgan fingerprint density at radius 1 is 1.16 bits per heavy atom. The summed E-state index contributed by atoms with van der Waals surface area (Å²) in [6.45, 7) is 0.225. The molecule has 0 radical (unpaired) electrons. The number of amides is 1. The smallest absolute Gasteiger partial charge is 0.309 e. The quantitative estimate of drug-likeness (QED) is 0.577. The summed E-state index contributed by atoms with van der Waals surface area (Å²) >= 11 is 0. The average Bonchev–Trinajstić information content (AvgIpc) is 2.66.